The first kappa shape index (κ1) is 12.0. The normalized spacial score (nSPS) is 22.5. The van der Waals surface area contributed by atoms with Gasteiger partial charge in [0.05, 0.1) is 0 Å². The summed E-state index contributed by atoms with van der Waals surface area (Å²) in [7, 11) is 0. The highest BCUT2D eigenvalue weighted by molar-refractivity contribution is 4.87. The van der Waals surface area contributed by atoms with E-state index in [9.17, 15) is 0 Å². The fourth-order valence-electron chi connectivity index (χ4n) is 2.29. The lowest BCUT2D eigenvalue weighted by molar-refractivity contribution is 0.354. The maximum atomic E-state index is 5.58. The molecule has 84 valence electrons. The Labute approximate surface area is 88.6 Å². The quantitative estimate of drug-likeness (QED) is 0.643. The van der Waals surface area contributed by atoms with Gasteiger partial charge >= 0.3 is 0 Å². The molecule has 0 aromatic rings. The van der Waals surface area contributed by atoms with E-state index in [0.717, 1.165) is 6.54 Å². The van der Waals surface area contributed by atoms with Crippen LogP contribution < -0.4 is 11.1 Å². The number of hydrogen-bond donors (Lipinski definition) is 2. The Morgan fingerprint density at radius 1 is 1.36 bits per heavy atom. The molecular weight excluding hydrogens is 172 g/mol. The minimum atomic E-state index is 0.450. The molecule has 1 atom stereocenters. The van der Waals surface area contributed by atoms with E-state index in [-0.39, 0.29) is 0 Å². The molecule has 3 N–H and O–H groups in total. The van der Waals surface area contributed by atoms with Crippen molar-refractivity contribution >= 4 is 0 Å². The summed E-state index contributed by atoms with van der Waals surface area (Å²) in [6.45, 7) is 6.60. The highest BCUT2D eigenvalue weighted by Crippen LogP contribution is 2.28. The first-order valence-corrected chi connectivity index (χ1v) is 6.11. The number of nitrogens with two attached hydrogens (primary N) is 1. The maximum Gasteiger partial charge on any atom is 0.0153 e. The van der Waals surface area contributed by atoms with Crippen LogP contribution in [0.4, 0.5) is 0 Å². The summed E-state index contributed by atoms with van der Waals surface area (Å²) < 4.78 is 0. The van der Waals surface area contributed by atoms with Crippen molar-refractivity contribution < 1.29 is 0 Å². The summed E-state index contributed by atoms with van der Waals surface area (Å²) in [5, 5.41) is 3.70. The standard InChI is InChI=1S/C12H26N2/c1-11(10-13)6-5-9-14-12(2)7-3-4-8-12/h11,14H,3-10,13H2,1-2H3. The van der Waals surface area contributed by atoms with Crippen molar-refractivity contribution in [3.63, 3.8) is 0 Å². The molecule has 14 heavy (non-hydrogen) atoms. The van der Waals surface area contributed by atoms with Crippen LogP contribution in [0.15, 0.2) is 0 Å². The molecule has 1 rings (SSSR count). The Bertz CT molecular complexity index is 150. The molecule has 2 nitrogen and oxygen atoms in total. The summed E-state index contributed by atoms with van der Waals surface area (Å²) >= 11 is 0. The van der Waals surface area contributed by atoms with Crippen molar-refractivity contribution in [3.05, 3.63) is 0 Å². The van der Waals surface area contributed by atoms with E-state index < -0.39 is 0 Å². The second-order valence-electron chi connectivity index (χ2n) is 5.18. The van der Waals surface area contributed by atoms with Crippen molar-refractivity contribution in [1.82, 2.24) is 5.32 Å². The number of nitrogens with one attached hydrogen (secondary N) is 1. The predicted octanol–water partition coefficient (Wildman–Crippen LogP) is 2.28. The van der Waals surface area contributed by atoms with Crippen LogP contribution in [0.1, 0.15) is 52.4 Å². The molecule has 1 unspecified atom stereocenters. The highest BCUT2D eigenvalue weighted by Gasteiger charge is 2.27. The molecule has 0 aromatic carbocycles. The summed E-state index contributed by atoms with van der Waals surface area (Å²) in [6.07, 6.45) is 8.07. The summed E-state index contributed by atoms with van der Waals surface area (Å²) in [6, 6.07) is 0. The van der Waals surface area contributed by atoms with Crippen LogP contribution in [0.3, 0.4) is 0 Å². The molecule has 0 amide bonds. The van der Waals surface area contributed by atoms with Gasteiger partial charge in [-0.2, -0.15) is 0 Å². The molecular formula is C12H26N2. The lowest BCUT2D eigenvalue weighted by Crippen LogP contribution is -2.40. The molecule has 0 spiro atoms. The van der Waals surface area contributed by atoms with E-state index in [1.165, 1.54) is 45.1 Å². The van der Waals surface area contributed by atoms with Crippen LogP contribution in [0, 0.1) is 5.92 Å². The van der Waals surface area contributed by atoms with Gasteiger partial charge in [0, 0.05) is 5.54 Å². The first-order chi connectivity index (χ1) is 6.66. The zero-order valence-corrected chi connectivity index (χ0v) is 9.81. The molecule has 2 heteroatoms. The predicted molar refractivity (Wildman–Crippen MR) is 62.3 cm³/mol. The number of hydrogen-bond acceptors (Lipinski definition) is 2. The van der Waals surface area contributed by atoms with Crippen molar-refractivity contribution in [1.29, 1.82) is 0 Å². The zero-order valence-electron chi connectivity index (χ0n) is 9.81. The monoisotopic (exact) mass is 198 g/mol. The summed E-state index contributed by atoms with van der Waals surface area (Å²) in [5.41, 5.74) is 6.03. The smallest absolute Gasteiger partial charge is 0.0153 e. The van der Waals surface area contributed by atoms with Crippen LogP contribution in [0.2, 0.25) is 0 Å². The molecule has 1 fully saturated rings. The topological polar surface area (TPSA) is 38.0 Å². The first-order valence-electron chi connectivity index (χ1n) is 6.11. The Morgan fingerprint density at radius 3 is 2.57 bits per heavy atom. The van der Waals surface area contributed by atoms with Crippen LogP contribution in [0.5, 0.6) is 0 Å². The van der Waals surface area contributed by atoms with Gasteiger partial charge in [-0.15, -0.1) is 0 Å². The van der Waals surface area contributed by atoms with E-state index in [0.29, 0.717) is 11.5 Å². The van der Waals surface area contributed by atoms with Gasteiger partial charge in [-0.25, -0.2) is 0 Å². The average molecular weight is 198 g/mol. The third-order valence-electron chi connectivity index (χ3n) is 3.53. The molecule has 0 aromatic heterocycles. The Balaban J connectivity index is 2.03. The van der Waals surface area contributed by atoms with E-state index in [1.807, 2.05) is 0 Å². The second kappa shape index (κ2) is 5.72. The molecule has 0 heterocycles. The van der Waals surface area contributed by atoms with Crippen molar-refractivity contribution in [3.8, 4) is 0 Å². The van der Waals surface area contributed by atoms with Crippen LogP contribution in [-0.4, -0.2) is 18.6 Å². The van der Waals surface area contributed by atoms with Crippen LogP contribution >= 0.6 is 0 Å². The van der Waals surface area contributed by atoms with Crippen LogP contribution in [0.25, 0.3) is 0 Å². The molecule has 0 aliphatic heterocycles. The minimum absolute atomic E-state index is 0.450. The summed E-state index contributed by atoms with van der Waals surface area (Å²) in [5.74, 6) is 0.688. The van der Waals surface area contributed by atoms with Gasteiger partial charge in [0.2, 0.25) is 0 Å². The van der Waals surface area contributed by atoms with Gasteiger partial charge in [0.15, 0.2) is 0 Å². The molecule has 1 saturated carbocycles. The van der Waals surface area contributed by atoms with Crippen LogP contribution in [-0.2, 0) is 0 Å². The third-order valence-corrected chi connectivity index (χ3v) is 3.53. The lowest BCUT2D eigenvalue weighted by atomic mass is 10.00. The highest BCUT2D eigenvalue weighted by atomic mass is 15.0. The fraction of sp³-hybridized carbons (Fsp3) is 1.00. The van der Waals surface area contributed by atoms with Gasteiger partial charge in [-0.1, -0.05) is 19.8 Å². The SMILES string of the molecule is CC(CN)CCCNC1(C)CCCC1. The lowest BCUT2D eigenvalue weighted by Gasteiger charge is -2.25. The zero-order chi connectivity index (χ0) is 10.4. The van der Waals surface area contributed by atoms with Crippen molar-refractivity contribution in [2.75, 3.05) is 13.1 Å². The van der Waals surface area contributed by atoms with E-state index >= 15 is 0 Å². The van der Waals surface area contributed by atoms with Gasteiger partial charge in [0.25, 0.3) is 0 Å². The Hall–Kier alpha value is -0.0800. The average Bonchev–Trinajstić information content (AvgIpc) is 2.60. The summed E-state index contributed by atoms with van der Waals surface area (Å²) in [4.78, 5) is 0. The minimum Gasteiger partial charge on any atom is -0.330 e. The van der Waals surface area contributed by atoms with E-state index in [1.54, 1.807) is 0 Å². The van der Waals surface area contributed by atoms with Gasteiger partial charge < -0.3 is 11.1 Å². The Morgan fingerprint density at radius 2 is 2.00 bits per heavy atom. The molecule has 0 radical (unpaired) electrons. The fourth-order valence-corrected chi connectivity index (χ4v) is 2.29. The third kappa shape index (κ3) is 3.97. The molecule has 1 aliphatic carbocycles. The molecule has 1 aliphatic rings. The van der Waals surface area contributed by atoms with Gasteiger partial charge in [-0.05, 0) is 51.6 Å². The largest absolute Gasteiger partial charge is 0.330 e. The molecule has 0 bridgehead atoms. The second-order valence-corrected chi connectivity index (χ2v) is 5.18. The number of rotatable bonds is 6. The van der Waals surface area contributed by atoms with Gasteiger partial charge in [0.1, 0.15) is 0 Å². The van der Waals surface area contributed by atoms with Gasteiger partial charge in [-0.3, -0.25) is 0 Å². The van der Waals surface area contributed by atoms with Crippen molar-refractivity contribution in [2.45, 2.75) is 57.9 Å². The van der Waals surface area contributed by atoms with E-state index in [4.69, 9.17) is 5.73 Å². The maximum absolute atomic E-state index is 5.58. The van der Waals surface area contributed by atoms with E-state index in [2.05, 4.69) is 19.2 Å². The Kier molecular flexibility index (Phi) is 4.90. The van der Waals surface area contributed by atoms with Crippen molar-refractivity contribution in [2.24, 2.45) is 11.7 Å². The molecule has 0 saturated heterocycles.